The van der Waals surface area contributed by atoms with Gasteiger partial charge in [0.15, 0.2) is 0 Å². The van der Waals surface area contributed by atoms with E-state index in [1.54, 1.807) is 12.0 Å². The molecule has 0 bridgehead atoms. The Kier molecular flexibility index (Phi) is 4.50. The number of rotatable bonds is 4. The van der Waals surface area contributed by atoms with Crippen molar-refractivity contribution >= 4 is 23.4 Å². The van der Waals surface area contributed by atoms with E-state index in [-0.39, 0.29) is 12.3 Å². The largest absolute Gasteiger partial charge is 0.497 e. The van der Waals surface area contributed by atoms with Crippen LogP contribution in [0.5, 0.6) is 5.75 Å². The molecule has 1 atom stereocenters. The van der Waals surface area contributed by atoms with Crippen molar-refractivity contribution in [2.24, 2.45) is 0 Å². The number of hydrogen-bond donors (Lipinski definition) is 2. The molecule has 7 heteroatoms. The molecule has 0 aromatic heterocycles. The standard InChI is InChI=1S/C17H19N3O4/c1-24-13-4-2-11(3-5-13)12-6-8-20(9-7-12)15(21)10-14-16(22)19-17(23)18-14/h2-6,14H,7-10H2,1H3,(H2,18,19,22,23)/t14-/m1/s1. The van der Waals surface area contributed by atoms with Crippen LogP contribution in [0.15, 0.2) is 30.3 Å². The fourth-order valence-corrected chi connectivity index (χ4v) is 2.87. The molecule has 4 amide bonds. The lowest BCUT2D eigenvalue weighted by Gasteiger charge is -2.27. The summed E-state index contributed by atoms with van der Waals surface area (Å²) < 4.78 is 5.15. The Morgan fingerprint density at radius 2 is 2.04 bits per heavy atom. The minimum absolute atomic E-state index is 0.0106. The molecule has 0 aliphatic carbocycles. The van der Waals surface area contributed by atoms with Gasteiger partial charge in [-0.25, -0.2) is 4.79 Å². The number of imide groups is 1. The summed E-state index contributed by atoms with van der Waals surface area (Å²) in [6.45, 7) is 1.10. The Balaban J connectivity index is 1.58. The van der Waals surface area contributed by atoms with Crippen LogP contribution in [0.2, 0.25) is 0 Å². The molecule has 0 spiro atoms. The van der Waals surface area contributed by atoms with Crippen LogP contribution in [-0.2, 0) is 9.59 Å². The summed E-state index contributed by atoms with van der Waals surface area (Å²) >= 11 is 0. The summed E-state index contributed by atoms with van der Waals surface area (Å²) in [7, 11) is 1.63. The molecule has 1 aromatic rings. The second-order valence-corrected chi connectivity index (χ2v) is 5.77. The average molecular weight is 329 g/mol. The van der Waals surface area contributed by atoms with E-state index in [1.165, 1.54) is 5.57 Å². The highest BCUT2D eigenvalue weighted by Gasteiger charge is 2.32. The fraction of sp³-hybridized carbons (Fsp3) is 0.353. The maximum absolute atomic E-state index is 12.3. The minimum atomic E-state index is -0.767. The van der Waals surface area contributed by atoms with Crippen molar-refractivity contribution in [1.82, 2.24) is 15.5 Å². The van der Waals surface area contributed by atoms with E-state index in [1.807, 2.05) is 30.3 Å². The van der Waals surface area contributed by atoms with Crippen LogP contribution in [0.4, 0.5) is 4.79 Å². The summed E-state index contributed by atoms with van der Waals surface area (Å²) in [5.74, 6) is 0.228. The van der Waals surface area contributed by atoms with Gasteiger partial charge in [-0.05, 0) is 29.7 Å². The molecule has 24 heavy (non-hydrogen) atoms. The molecule has 3 rings (SSSR count). The number of methoxy groups -OCH3 is 1. The third kappa shape index (κ3) is 3.40. The average Bonchev–Trinajstić information content (AvgIpc) is 2.92. The molecule has 0 unspecified atom stereocenters. The Bertz CT molecular complexity index is 696. The predicted octanol–water partition coefficient (Wildman–Crippen LogP) is 0.909. The van der Waals surface area contributed by atoms with Crippen molar-refractivity contribution in [1.29, 1.82) is 0 Å². The number of hydrogen-bond acceptors (Lipinski definition) is 4. The number of nitrogens with one attached hydrogen (secondary N) is 2. The van der Waals surface area contributed by atoms with Gasteiger partial charge in [0.25, 0.3) is 5.91 Å². The number of benzene rings is 1. The second-order valence-electron chi connectivity index (χ2n) is 5.77. The Morgan fingerprint density at radius 1 is 1.29 bits per heavy atom. The topological polar surface area (TPSA) is 87.7 Å². The van der Waals surface area contributed by atoms with Gasteiger partial charge in [-0.3, -0.25) is 14.9 Å². The summed E-state index contributed by atoms with van der Waals surface area (Å²) in [5, 5.41) is 4.58. The fourth-order valence-electron chi connectivity index (χ4n) is 2.87. The van der Waals surface area contributed by atoms with Crippen LogP contribution in [0.3, 0.4) is 0 Å². The normalized spacial score (nSPS) is 20.3. The van der Waals surface area contributed by atoms with Crippen LogP contribution < -0.4 is 15.4 Å². The molecule has 1 fully saturated rings. The van der Waals surface area contributed by atoms with Crippen LogP contribution in [0.25, 0.3) is 5.57 Å². The molecule has 1 aromatic carbocycles. The first-order valence-corrected chi connectivity index (χ1v) is 7.79. The zero-order valence-corrected chi connectivity index (χ0v) is 13.4. The highest BCUT2D eigenvalue weighted by Crippen LogP contribution is 2.24. The van der Waals surface area contributed by atoms with Gasteiger partial charge in [0, 0.05) is 13.1 Å². The summed E-state index contributed by atoms with van der Waals surface area (Å²) in [6.07, 6.45) is 2.76. The van der Waals surface area contributed by atoms with Gasteiger partial charge in [0.2, 0.25) is 5.91 Å². The van der Waals surface area contributed by atoms with Gasteiger partial charge in [-0.15, -0.1) is 0 Å². The van der Waals surface area contributed by atoms with Crippen LogP contribution >= 0.6 is 0 Å². The van der Waals surface area contributed by atoms with Gasteiger partial charge in [-0.2, -0.15) is 0 Å². The van der Waals surface area contributed by atoms with E-state index >= 15 is 0 Å². The van der Waals surface area contributed by atoms with E-state index in [2.05, 4.69) is 10.6 Å². The third-order valence-electron chi connectivity index (χ3n) is 4.26. The first-order valence-electron chi connectivity index (χ1n) is 7.79. The lowest BCUT2D eigenvalue weighted by Crippen LogP contribution is -2.40. The molecule has 2 N–H and O–H groups in total. The molecule has 126 valence electrons. The molecule has 0 radical (unpaired) electrons. The van der Waals surface area contributed by atoms with Gasteiger partial charge < -0.3 is 15.0 Å². The quantitative estimate of drug-likeness (QED) is 0.804. The number of ether oxygens (including phenoxy) is 1. The Labute approximate surface area is 139 Å². The zero-order chi connectivity index (χ0) is 17.1. The summed E-state index contributed by atoms with van der Waals surface area (Å²) in [4.78, 5) is 36.6. The number of amides is 4. The molecule has 2 aliphatic heterocycles. The lowest BCUT2D eigenvalue weighted by molar-refractivity contribution is -0.133. The molecule has 2 heterocycles. The van der Waals surface area contributed by atoms with E-state index in [0.717, 1.165) is 17.7 Å². The van der Waals surface area contributed by atoms with Crippen molar-refractivity contribution < 1.29 is 19.1 Å². The predicted molar refractivity (Wildman–Crippen MR) is 87.2 cm³/mol. The summed E-state index contributed by atoms with van der Waals surface area (Å²) in [5.41, 5.74) is 2.30. The maximum Gasteiger partial charge on any atom is 0.322 e. The first-order chi connectivity index (χ1) is 11.6. The number of carbonyl (C=O) groups excluding carboxylic acids is 3. The van der Waals surface area contributed by atoms with Crippen LogP contribution in [-0.4, -0.2) is 49.0 Å². The van der Waals surface area contributed by atoms with E-state index in [4.69, 9.17) is 4.74 Å². The SMILES string of the molecule is COc1ccc(C2=CCN(C(=O)C[C@H]3NC(=O)NC3=O)CC2)cc1. The first kappa shape index (κ1) is 16.0. The minimum Gasteiger partial charge on any atom is -0.497 e. The van der Waals surface area contributed by atoms with E-state index in [0.29, 0.717) is 13.1 Å². The second kappa shape index (κ2) is 6.74. The third-order valence-corrected chi connectivity index (χ3v) is 4.26. The number of urea groups is 1. The molecular weight excluding hydrogens is 310 g/mol. The van der Waals surface area contributed by atoms with E-state index < -0.39 is 18.0 Å². The Hall–Kier alpha value is -2.83. The number of carbonyl (C=O) groups is 3. The molecule has 7 nitrogen and oxygen atoms in total. The van der Waals surface area contributed by atoms with Crippen molar-refractivity contribution in [2.45, 2.75) is 18.9 Å². The van der Waals surface area contributed by atoms with Crippen molar-refractivity contribution in [2.75, 3.05) is 20.2 Å². The van der Waals surface area contributed by atoms with Gasteiger partial charge in [-0.1, -0.05) is 18.2 Å². The lowest BCUT2D eigenvalue weighted by atomic mass is 9.99. The smallest absolute Gasteiger partial charge is 0.322 e. The zero-order valence-electron chi connectivity index (χ0n) is 13.4. The van der Waals surface area contributed by atoms with Crippen molar-refractivity contribution in [3.8, 4) is 5.75 Å². The van der Waals surface area contributed by atoms with Crippen molar-refractivity contribution in [3.05, 3.63) is 35.9 Å². The number of nitrogens with zero attached hydrogens (tertiary/aromatic N) is 1. The molecule has 2 aliphatic rings. The van der Waals surface area contributed by atoms with Gasteiger partial charge in [0.1, 0.15) is 11.8 Å². The molecular formula is C17H19N3O4. The van der Waals surface area contributed by atoms with Gasteiger partial charge in [0.05, 0.1) is 13.5 Å². The monoisotopic (exact) mass is 329 g/mol. The Morgan fingerprint density at radius 3 is 2.58 bits per heavy atom. The molecule has 0 saturated carbocycles. The maximum atomic E-state index is 12.3. The van der Waals surface area contributed by atoms with Gasteiger partial charge >= 0.3 is 6.03 Å². The highest BCUT2D eigenvalue weighted by molar-refractivity contribution is 6.05. The van der Waals surface area contributed by atoms with Crippen LogP contribution in [0, 0.1) is 0 Å². The highest BCUT2D eigenvalue weighted by atomic mass is 16.5. The van der Waals surface area contributed by atoms with E-state index in [9.17, 15) is 14.4 Å². The summed E-state index contributed by atoms with van der Waals surface area (Å²) in [6, 6.07) is 6.51. The van der Waals surface area contributed by atoms with Crippen LogP contribution in [0.1, 0.15) is 18.4 Å². The molecule has 1 saturated heterocycles. The van der Waals surface area contributed by atoms with Crippen molar-refractivity contribution in [3.63, 3.8) is 0 Å².